The van der Waals surface area contributed by atoms with E-state index in [0.717, 1.165) is 0 Å². The van der Waals surface area contributed by atoms with Crippen LogP contribution in [-0.2, 0) is 4.74 Å². The van der Waals surface area contributed by atoms with Gasteiger partial charge in [0, 0.05) is 10.6 Å². The molecule has 0 saturated heterocycles. The van der Waals surface area contributed by atoms with Crippen LogP contribution in [0.5, 0.6) is 5.75 Å². The fourth-order valence-corrected chi connectivity index (χ4v) is 2.02. The number of rotatable bonds is 4. The molecule has 22 heavy (non-hydrogen) atoms. The molecule has 0 radical (unpaired) electrons. The van der Waals surface area contributed by atoms with E-state index in [4.69, 9.17) is 16.3 Å². The first kappa shape index (κ1) is 15.9. The molecule has 0 unspecified atom stereocenters. The average Bonchev–Trinajstić information content (AvgIpc) is 2.54. The Labute approximate surface area is 132 Å². The van der Waals surface area contributed by atoms with Gasteiger partial charge in [0.05, 0.1) is 25.5 Å². The van der Waals surface area contributed by atoms with Gasteiger partial charge >= 0.3 is 5.97 Å². The second-order valence-corrected chi connectivity index (χ2v) is 4.80. The van der Waals surface area contributed by atoms with Gasteiger partial charge < -0.3 is 14.8 Å². The van der Waals surface area contributed by atoms with Crippen LogP contribution in [0.15, 0.2) is 42.5 Å². The second kappa shape index (κ2) is 6.95. The van der Waals surface area contributed by atoms with Crippen molar-refractivity contribution >= 4 is 29.2 Å². The highest BCUT2D eigenvalue weighted by molar-refractivity contribution is 6.31. The van der Waals surface area contributed by atoms with E-state index in [1.807, 2.05) is 0 Å². The van der Waals surface area contributed by atoms with Crippen molar-refractivity contribution in [3.63, 3.8) is 0 Å². The normalized spacial score (nSPS) is 9.95. The Hall–Kier alpha value is -2.53. The lowest BCUT2D eigenvalue weighted by Crippen LogP contribution is -2.13. The standard InChI is InChI=1S/C16H14ClNO4/c1-21-14-8-7-12(17)9-13(14)18-15(19)10-3-5-11(6-4-10)16(20)22-2/h3-9H,1-2H3,(H,18,19). The fourth-order valence-electron chi connectivity index (χ4n) is 1.85. The number of carbonyl (C=O) groups excluding carboxylic acids is 2. The van der Waals surface area contributed by atoms with Gasteiger partial charge in [-0.2, -0.15) is 0 Å². The molecule has 0 atom stereocenters. The molecule has 0 heterocycles. The summed E-state index contributed by atoms with van der Waals surface area (Å²) in [6.45, 7) is 0. The van der Waals surface area contributed by atoms with Crippen molar-refractivity contribution in [3.05, 3.63) is 58.6 Å². The van der Waals surface area contributed by atoms with Gasteiger partial charge in [0.1, 0.15) is 5.75 Å². The summed E-state index contributed by atoms with van der Waals surface area (Å²) in [6.07, 6.45) is 0. The van der Waals surface area contributed by atoms with Gasteiger partial charge in [-0.1, -0.05) is 11.6 Å². The third-order valence-electron chi connectivity index (χ3n) is 2.98. The molecule has 0 fully saturated rings. The number of benzene rings is 2. The van der Waals surface area contributed by atoms with Crippen LogP contribution in [0.25, 0.3) is 0 Å². The van der Waals surface area contributed by atoms with Gasteiger partial charge in [-0.3, -0.25) is 4.79 Å². The smallest absolute Gasteiger partial charge is 0.337 e. The van der Waals surface area contributed by atoms with Crippen molar-refractivity contribution in [2.75, 3.05) is 19.5 Å². The van der Waals surface area contributed by atoms with E-state index in [1.54, 1.807) is 30.3 Å². The van der Waals surface area contributed by atoms with Crippen molar-refractivity contribution in [2.45, 2.75) is 0 Å². The Morgan fingerprint density at radius 2 is 1.64 bits per heavy atom. The Morgan fingerprint density at radius 1 is 1.00 bits per heavy atom. The van der Waals surface area contributed by atoms with E-state index in [0.29, 0.717) is 27.6 Å². The highest BCUT2D eigenvalue weighted by Crippen LogP contribution is 2.28. The summed E-state index contributed by atoms with van der Waals surface area (Å²) in [7, 11) is 2.80. The first-order valence-electron chi connectivity index (χ1n) is 6.38. The summed E-state index contributed by atoms with van der Waals surface area (Å²) in [5.41, 5.74) is 1.24. The van der Waals surface area contributed by atoms with Gasteiger partial charge in [-0.15, -0.1) is 0 Å². The van der Waals surface area contributed by atoms with Gasteiger partial charge in [-0.05, 0) is 42.5 Å². The van der Waals surface area contributed by atoms with E-state index >= 15 is 0 Å². The molecule has 0 spiro atoms. The third-order valence-corrected chi connectivity index (χ3v) is 3.21. The van der Waals surface area contributed by atoms with Gasteiger partial charge in [0.15, 0.2) is 0 Å². The first-order chi connectivity index (χ1) is 10.5. The molecule has 0 aromatic heterocycles. The molecule has 6 heteroatoms. The molecule has 2 aromatic carbocycles. The lowest BCUT2D eigenvalue weighted by atomic mass is 10.1. The van der Waals surface area contributed by atoms with Crippen LogP contribution in [0.4, 0.5) is 5.69 Å². The highest BCUT2D eigenvalue weighted by atomic mass is 35.5. The van der Waals surface area contributed by atoms with E-state index in [1.165, 1.54) is 26.4 Å². The first-order valence-corrected chi connectivity index (χ1v) is 6.76. The topological polar surface area (TPSA) is 64.6 Å². The fraction of sp³-hybridized carbons (Fsp3) is 0.125. The molecule has 1 N–H and O–H groups in total. The molecule has 1 amide bonds. The minimum Gasteiger partial charge on any atom is -0.495 e. The van der Waals surface area contributed by atoms with Crippen molar-refractivity contribution in [1.29, 1.82) is 0 Å². The number of esters is 1. The highest BCUT2D eigenvalue weighted by Gasteiger charge is 2.12. The van der Waals surface area contributed by atoms with Crippen LogP contribution >= 0.6 is 11.6 Å². The SMILES string of the molecule is COC(=O)c1ccc(C(=O)Nc2cc(Cl)ccc2OC)cc1. The zero-order valence-corrected chi connectivity index (χ0v) is 12.8. The zero-order chi connectivity index (χ0) is 16.1. The van der Waals surface area contributed by atoms with Crippen LogP contribution in [0, 0.1) is 0 Å². The maximum atomic E-state index is 12.2. The lowest BCUT2D eigenvalue weighted by molar-refractivity contribution is 0.0600. The summed E-state index contributed by atoms with van der Waals surface area (Å²) in [6, 6.07) is 11.1. The number of anilines is 1. The maximum absolute atomic E-state index is 12.2. The average molecular weight is 320 g/mol. The molecular formula is C16H14ClNO4. The zero-order valence-electron chi connectivity index (χ0n) is 12.1. The summed E-state index contributed by atoms with van der Waals surface area (Å²) in [4.78, 5) is 23.6. The van der Waals surface area contributed by atoms with Gasteiger partial charge in [0.25, 0.3) is 5.91 Å². The number of ether oxygens (including phenoxy) is 2. The minimum atomic E-state index is -0.455. The van der Waals surface area contributed by atoms with Crippen LogP contribution < -0.4 is 10.1 Å². The number of hydrogen-bond donors (Lipinski definition) is 1. The molecule has 5 nitrogen and oxygen atoms in total. The Kier molecular flexibility index (Phi) is 5.01. The summed E-state index contributed by atoms with van der Waals surface area (Å²) in [5, 5.41) is 3.20. The largest absolute Gasteiger partial charge is 0.495 e. The van der Waals surface area contributed by atoms with Crippen molar-refractivity contribution in [2.24, 2.45) is 0 Å². The second-order valence-electron chi connectivity index (χ2n) is 4.37. The molecule has 2 rings (SSSR count). The molecule has 114 valence electrons. The summed E-state index contributed by atoms with van der Waals surface area (Å²) in [5.74, 6) is -0.288. The predicted molar refractivity (Wildman–Crippen MR) is 83.7 cm³/mol. The van der Waals surface area contributed by atoms with Gasteiger partial charge in [-0.25, -0.2) is 4.79 Å². The van der Waals surface area contributed by atoms with Crippen LogP contribution in [0.3, 0.4) is 0 Å². The quantitative estimate of drug-likeness (QED) is 0.877. The molecular weight excluding hydrogens is 306 g/mol. The van der Waals surface area contributed by atoms with Crippen LogP contribution in [0.1, 0.15) is 20.7 Å². The Bertz CT molecular complexity index is 698. The van der Waals surface area contributed by atoms with Crippen molar-refractivity contribution in [1.82, 2.24) is 0 Å². The van der Waals surface area contributed by atoms with E-state index in [-0.39, 0.29) is 5.91 Å². The van der Waals surface area contributed by atoms with Crippen LogP contribution in [-0.4, -0.2) is 26.1 Å². The Morgan fingerprint density at radius 3 is 2.23 bits per heavy atom. The number of halogens is 1. The predicted octanol–water partition coefficient (Wildman–Crippen LogP) is 3.39. The third kappa shape index (κ3) is 3.56. The molecule has 0 saturated carbocycles. The molecule has 0 bridgehead atoms. The number of amides is 1. The van der Waals surface area contributed by atoms with E-state index in [9.17, 15) is 9.59 Å². The summed E-state index contributed by atoms with van der Waals surface area (Å²) < 4.78 is 9.77. The summed E-state index contributed by atoms with van der Waals surface area (Å²) >= 11 is 5.92. The number of nitrogens with one attached hydrogen (secondary N) is 1. The molecule has 2 aromatic rings. The van der Waals surface area contributed by atoms with Crippen molar-refractivity contribution in [3.8, 4) is 5.75 Å². The van der Waals surface area contributed by atoms with E-state index < -0.39 is 5.97 Å². The van der Waals surface area contributed by atoms with E-state index in [2.05, 4.69) is 10.1 Å². The lowest BCUT2D eigenvalue weighted by Gasteiger charge is -2.10. The van der Waals surface area contributed by atoms with Crippen LogP contribution in [0.2, 0.25) is 5.02 Å². The Balaban J connectivity index is 2.19. The molecule has 0 aliphatic heterocycles. The molecule has 0 aliphatic rings. The van der Waals surface area contributed by atoms with Crippen molar-refractivity contribution < 1.29 is 19.1 Å². The maximum Gasteiger partial charge on any atom is 0.337 e. The number of methoxy groups -OCH3 is 2. The number of hydrogen-bond acceptors (Lipinski definition) is 4. The van der Waals surface area contributed by atoms with Gasteiger partial charge in [0.2, 0.25) is 0 Å². The minimum absolute atomic E-state index is 0.336. The molecule has 0 aliphatic carbocycles. The monoisotopic (exact) mass is 319 g/mol. The number of carbonyl (C=O) groups is 2.